The number of rotatable bonds is 5. The third-order valence-corrected chi connectivity index (χ3v) is 2.48. The maximum Gasteiger partial charge on any atom is 0.164 e. The fourth-order valence-corrected chi connectivity index (χ4v) is 1.63. The van der Waals surface area contributed by atoms with Crippen molar-refractivity contribution < 1.29 is 18.6 Å². The van der Waals surface area contributed by atoms with Gasteiger partial charge in [0.2, 0.25) is 0 Å². The van der Waals surface area contributed by atoms with Crippen molar-refractivity contribution in [1.82, 2.24) is 5.32 Å². The molecule has 4 nitrogen and oxygen atoms in total. The van der Waals surface area contributed by atoms with Crippen molar-refractivity contribution in [2.45, 2.75) is 6.10 Å². The van der Waals surface area contributed by atoms with E-state index in [9.17, 15) is 4.39 Å². The number of benzene rings is 1. The number of hydrogen-bond acceptors (Lipinski definition) is 4. The standard InChI is InChI=1S/C12H16FNO3/c1-15-5-4-14-7-10-8-16-11-3-2-9(13)6-12(11)17-10/h2-3,6,10,14H,4-5,7-8H2,1H3. The Bertz CT molecular complexity index is 373. The highest BCUT2D eigenvalue weighted by Gasteiger charge is 2.20. The van der Waals surface area contributed by atoms with Crippen LogP contribution >= 0.6 is 0 Å². The van der Waals surface area contributed by atoms with Gasteiger partial charge in [-0.15, -0.1) is 0 Å². The molecule has 0 saturated carbocycles. The first kappa shape index (κ1) is 12.1. The van der Waals surface area contributed by atoms with Crippen LogP contribution in [0.15, 0.2) is 18.2 Å². The fourth-order valence-electron chi connectivity index (χ4n) is 1.63. The summed E-state index contributed by atoms with van der Waals surface area (Å²) in [5, 5.41) is 3.18. The van der Waals surface area contributed by atoms with Crippen LogP contribution in [0.5, 0.6) is 11.5 Å². The highest BCUT2D eigenvalue weighted by molar-refractivity contribution is 5.41. The van der Waals surface area contributed by atoms with Gasteiger partial charge in [0.05, 0.1) is 6.61 Å². The van der Waals surface area contributed by atoms with E-state index in [2.05, 4.69) is 5.32 Å². The number of hydrogen-bond donors (Lipinski definition) is 1. The predicted octanol–water partition coefficient (Wildman–Crippen LogP) is 1.20. The Kier molecular flexibility index (Phi) is 4.17. The van der Waals surface area contributed by atoms with Crippen LogP contribution in [0.4, 0.5) is 4.39 Å². The average Bonchev–Trinajstić information content (AvgIpc) is 2.34. The van der Waals surface area contributed by atoms with Gasteiger partial charge in [-0.25, -0.2) is 4.39 Å². The van der Waals surface area contributed by atoms with Gasteiger partial charge in [-0.05, 0) is 12.1 Å². The average molecular weight is 241 g/mol. The molecule has 94 valence electrons. The maximum absolute atomic E-state index is 13.0. The minimum Gasteiger partial charge on any atom is -0.486 e. The van der Waals surface area contributed by atoms with Crippen LogP contribution in [-0.2, 0) is 4.74 Å². The number of halogens is 1. The van der Waals surface area contributed by atoms with Gasteiger partial charge in [0, 0.05) is 26.3 Å². The van der Waals surface area contributed by atoms with Crippen LogP contribution in [0, 0.1) is 5.82 Å². The highest BCUT2D eigenvalue weighted by atomic mass is 19.1. The molecule has 1 heterocycles. The van der Waals surface area contributed by atoms with Crippen molar-refractivity contribution in [2.24, 2.45) is 0 Å². The SMILES string of the molecule is COCCNCC1COc2ccc(F)cc2O1. The Morgan fingerprint density at radius 2 is 2.35 bits per heavy atom. The van der Waals surface area contributed by atoms with E-state index in [0.29, 0.717) is 31.3 Å². The first-order valence-electron chi connectivity index (χ1n) is 5.58. The second kappa shape index (κ2) is 5.84. The van der Waals surface area contributed by atoms with Gasteiger partial charge < -0.3 is 19.5 Å². The summed E-state index contributed by atoms with van der Waals surface area (Å²) in [5.74, 6) is 0.745. The summed E-state index contributed by atoms with van der Waals surface area (Å²) in [5.41, 5.74) is 0. The van der Waals surface area contributed by atoms with Crippen molar-refractivity contribution in [2.75, 3.05) is 33.4 Å². The quantitative estimate of drug-likeness (QED) is 0.786. The lowest BCUT2D eigenvalue weighted by molar-refractivity contribution is 0.0879. The first-order valence-corrected chi connectivity index (χ1v) is 5.58. The highest BCUT2D eigenvalue weighted by Crippen LogP contribution is 2.31. The molecule has 2 rings (SSSR count). The zero-order chi connectivity index (χ0) is 12.1. The number of nitrogens with one attached hydrogen (secondary N) is 1. The molecule has 0 radical (unpaired) electrons. The Hall–Kier alpha value is -1.33. The van der Waals surface area contributed by atoms with Crippen LogP contribution in [0.1, 0.15) is 0 Å². The lowest BCUT2D eigenvalue weighted by Gasteiger charge is -2.26. The Morgan fingerprint density at radius 3 is 3.18 bits per heavy atom. The number of fused-ring (bicyclic) bond motifs is 1. The topological polar surface area (TPSA) is 39.7 Å². The lowest BCUT2D eigenvalue weighted by Crippen LogP contribution is -2.39. The van der Waals surface area contributed by atoms with Crippen LogP contribution in [0.3, 0.4) is 0 Å². The van der Waals surface area contributed by atoms with Crippen molar-refractivity contribution in [3.63, 3.8) is 0 Å². The summed E-state index contributed by atoms with van der Waals surface area (Å²) in [4.78, 5) is 0. The number of ether oxygens (including phenoxy) is 3. The normalized spacial score (nSPS) is 18.1. The van der Waals surface area contributed by atoms with E-state index in [-0.39, 0.29) is 11.9 Å². The Morgan fingerprint density at radius 1 is 1.47 bits per heavy atom. The van der Waals surface area contributed by atoms with E-state index in [4.69, 9.17) is 14.2 Å². The molecule has 0 spiro atoms. The molecule has 0 saturated heterocycles. The molecule has 1 atom stereocenters. The van der Waals surface area contributed by atoms with Crippen molar-refractivity contribution >= 4 is 0 Å². The minimum absolute atomic E-state index is 0.0962. The zero-order valence-electron chi connectivity index (χ0n) is 9.74. The van der Waals surface area contributed by atoms with Crippen LogP contribution in [-0.4, -0.2) is 39.5 Å². The molecule has 1 aliphatic rings. The van der Waals surface area contributed by atoms with Gasteiger partial charge >= 0.3 is 0 Å². The zero-order valence-corrected chi connectivity index (χ0v) is 9.74. The molecule has 0 fully saturated rings. The van der Waals surface area contributed by atoms with E-state index in [0.717, 1.165) is 6.54 Å². The molecular weight excluding hydrogens is 225 g/mol. The molecule has 0 amide bonds. The van der Waals surface area contributed by atoms with Crippen molar-refractivity contribution in [1.29, 1.82) is 0 Å². The van der Waals surface area contributed by atoms with Gasteiger partial charge in [-0.1, -0.05) is 0 Å². The summed E-state index contributed by atoms with van der Waals surface area (Å²) in [7, 11) is 1.65. The molecule has 5 heteroatoms. The third-order valence-electron chi connectivity index (χ3n) is 2.48. The van der Waals surface area contributed by atoms with Gasteiger partial charge in [0.1, 0.15) is 18.5 Å². The molecule has 1 N–H and O–H groups in total. The molecule has 0 bridgehead atoms. The summed E-state index contributed by atoms with van der Waals surface area (Å²) < 4.78 is 29.0. The third kappa shape index (κ3) is 3.31. The van der Waals surface area contributed by atoms with E-state index < -0.39 is 0 Å². The number of methoxy groups -OCH3 is 1. The van der Waals surface area contributed by atoms with Gasteiger partial charge in [-0.2, -0.15) is 0 Å². The molecular formula is C12H16FNO3. The van der Waals surface area contributed by atoms with E-state index in [1.54, 1.807) is 13.2 Å². The van der Waals surface area contributed by atoms with E-state index in [1.807, 2.05) is 0 Å². The summed E-state index contributed by atoms with van der Waals surface area (Å²) in [6.07, 6.45) is -0.0962. The molecule has 1 aliphatic heterocycles. The largest absolute Gasteiger partial charge is 0.486 e. The van der Waals surface area contributed by atoms with Gasteiger partial charge in [0.25, 0.3) is 0 Å². The summed E-state index contributed by atoms with van der Waals surface area (Å²) in [6.45, 7) is 2.53. The van der Waals surface area contributed by atoms with Crippen molar-refractivity contribution in [3.05, 3.63) is 24.0 Å². The van der Waals surface area contributed by atoms with Crippen LogP contribution < -0.4 is 14.8 Å². The van der Waals surface area contributed by atoms with E-state index in [1.165, 1.54) is 12.1 Å². The molecule has 17 heavy (non-hydrogen) atoms. The molecule has 0 aliphatic carbocycles. The molecule has 1 unspecified atom stereocenters. The molecule has 1 aromatic rings. The molecule has 1 aromatic carbocycles. The first-order chi connectivity index (χ1) is 8.29. The van der Waals surface area contributed by atoms with Crippen LogP contribution in [0.2, 0.25) is 0 Å². The Labute approximate surface area is 99.7 Å². The van der Waals surface area contributed by atoms with Gasteiger partial charge in [0.15, 0.2) is 11.5 Å². The van der Waals surface area contributed by atoms with E-state index >= 15 is 0 Å². The van der Waals surface area contributed by atoms with Crippen LogP contribution in [0.25, 0.3) is 0 Å². The summed E-state index contributed by atoms with van der Waals surface area (Å²) >= 11 is 0. The maximum atomic E-state index is 13.0. The smallest absolute Gasteiger partial charge is 0.164 e. The molecule has 0 aromatic heterocycles. The Balaban J connectivity index is 1.85. The minimum atomic E-state index is -0.319. The van der Waals surface area contributed by atoms with Gasteiger partial charge in [-0.3, -0.25) is 0 Å². The second-order valence-corrected chi connectivity index (χ2v) is 3.84. The summed E-state index contributed by atoms with van der Waals surface area (Å²) in [6, 6.07) is 4.29. The monoisotopic (exact) mass is 241 g/mol. The lowest BCUT2D eigenvalue weighted by atomic mass is 10.2. The van der Waals surface area contributed by atoms with Crippen molar-refractivity contribution in [3.8, 4) is 11.5 Å². The predicted molar refractivity (Wildman–Crippen MR) is 61.1 cm³/mol. The fraction of sp³-hybridized carbons (Fsp3) is 0.500. The second-order valence-electron chi connectivity index (χ2n) is 3.84.